The minimum Gasteiger partial charge on any atom is -0.504 e. The third-order valence-corrected chi connectivity index (χ3v) is 4.25. The zero-order valence-electron chi connectivity index (χ0n) is 13.4. The van der Waals surface area contributed by atoms with E-state index in [9.17, 15) is 5.11 Å². The number of phenolic OH excluding ortho intramolecular Hbond substituents is 1. The molecule has 1 aliphatic rings. The van der Waals surface area contributed by atoms with Gasteiger partial charge in [-0.05, 0) is 63.4 Å². The van der Waals surface area contributed by atoms with E-state index in [1.807, 2.05) is 12.1 Å². The maximum atomic E-state index is 9.69. The first-order valence-corrected chi connectivity index (χ1v) is 7.90. The van der Waals surface area contributed by atoms with Crippen molar-refractivity contribution in [1.82, 2.24) is 10.2 Å². The molecule has 1 saturated heterocycles. The van der Waals surface area contributed by atoms with Gasteiger partial charge in [0.25, 0.3) is 0 Å². The molecular formula is C17H28N2O2. The summed E-state index contributed by atoms with van der Waals surface area (Å²) in [6.45, 7) is 8.79. The van der Waals surface area contributed by atoms with Crippen LogP contribution in [0.1, 0.15) is 32.3 Å². The van der Waals surface area contributed by atoms with E-state index in [1.165, 1.54) is 18.4 Å². The molecule has 4 nitrogen and oxygen atoms in total. The Kier molecular flexibility index (Phi) is 5.88. The first-order chi connectivity index (χ1) is 10.1. The van der Waals surface area contributed by atoms with Crippen molar-refractivity contribution in [3.05, 3.63) is 23.8 Å². The number of nitrogens with one attached hydrogen (secondary N) is 1. The molecule has 0 spiro atoms. The molecule has 1 fully saturated rings. The largest absolute Gasteiger partial charge is 0.504 e. The summed E-state index contributed by atoms with van der Waals surface area (Å²) in [4.78, 5) is 2.50. The summed E-state index contributed by atoms with van der Waals surface area (Å²) in [5, 5.41) is 13.2. The number of hydrogen-bond acceptors (Lipinski definition) is 4. The second-order valence-electron chi connectivity index (χ2n) is 6.24. The van der Waals surface area contributed by atoms with E-state index in [0.717, 1.165) is 32.1 Å². The second kappa shape index (κ2) is 7.66. The van der Waals surface area contributed by atoms with Crippen LogP contribution < -0.4 is 10.1 Å². The molecule has 118 valence electrons. The SMILES string of the molecule is COc1cc(CN(CC2CCCNC2)C(C)C)ccc1O. The van der Waals surface area contributed by atoms with Crippen LogP contribution in [-0.2, 0) is 6.54 Å². The summed E-state index contributed by atoms with van der Waals surface area (Å²) >= 11 is 0. The Hall–Kier alpha value is -1.26. The molecular weight excluding hydrogens is 264 g/mol. The van der Waals surface area contributed by atoms with Gasteiger partial charge in [0.15, 0.2) is 11.5 Å². The highest BCUT2D eigenvalue weighted by Crippen LogP contribution is 2.27. The Morgan fingerprint density at radius 2 is 2.24 bits per heavy atom. The molecule has 0 radical (unpaired) electrons. The first kappa shape index (κ1) is 16.1. The van der Waals surface area contributed by atoms with Gasteiger partial charge in [0.1, 0.15) is 0 Å². The van der Waals surface area contributed by atoms with Gasteiger partial charge in [-0.3, -0.25) is 4.90 Å². The molecule has 0 amide bonds. The lowest BCUT2D eigenvalue weighted by atomic mass is 9.98. The Bertz CT molecular complexity index is 442. The van der Waals surface area contributed by atoms with Crippen molar-refractivity contribution in [1.29, 1.82) is 0 Å². The summed E-state index contributed by atoms with van der Waals surface area (Å²) in [5.74, 6) is 1.49. The standard InChI is InChI=1S/C17H28N2O2/c1-13(2)19(12-15-5-4-8-18-10-15)11-14-6-7-16(20)17(9-14)21-3/h6-7,9,13,15,18,20H,4-5,8,10-12H2,1-3H3. The number of nitrogens with zero attached hydrogens (tertiary/aromatic N) is 1. The summed E-state index contributed by atoms with van der Waals surface area (Å²) in [6, 6.07) is 6.14. The van der Waals surface area contributed by atoms with Gasteiger partial charge >= 0.3 is 0 Å². The van der Waals surface area contributed by atoms with Crippen molar-refractivity contribution in [2.75, 3.05) is 26.7 Å². The normalized spacial score (nSPS) is 19.2. The minimum absolute atomic E-state index is 0.203. The van der Waals surface area contributed by atoms with E-state index >= 15 is 0 Å². The van der Waals surface area contributed by atoms with Crippen molar-refractivity contribution in [2.24, 2.45) is 5.92 Å². The van der Waals surface area contributed by atoms with E-state index < -0.39 is 0 Å². The average Bonchev–Trinajstić information content (AvgIpc) is 2.49. The van der Waals surface area contributed by atoms with Gasteiger partial charge < -0.3 is 15.2 Å². The number of benzene rings is 1. The predicted octanol–water partition coefficient (Wildman–Crippen LogP) is 2.61. The Morgan fingerprint density at radius 1 is 1.43 bits per heavy atom. The molecule has 4 heteroatoms. The van der Waals surface area contributed by atoms with Crippen molar-refractivity contribution >= 4 is 0 Å². The highest BCUT2D eigenvalue weighted by atomic mass is 16.5. The topological polar surface area (TPSA) is 44.7 Å². The molecule has 0 aromatic heterocycles. The molecule has 1 aromatic carbocycles. The predicted molar refractivity (Wildman–Crippen MR) is 85.8 cm³/mol. The summed E-state index contributed by atoms with van der Waals surface area (Å²) in [6.07, 6.45) is 2.60. The molecule has 0 aliphatic carbocycles. The number of piperidine rings is 1. The lowest BCUT2D eigenvalue weighted by Crippen LogP contribution is -2.40. The molecule has 2 rings (SSSR count). The van der Waals surface area contributed by atoms with E-state index in [-0.39, 0.29) is 5.75 Å². The monoisotopic (exact) mass is 292 g/mol. The van der Waals surface area contributed by atoms with E-state index in [0.29, 0.717) is 11.8 Å². The molecule has 1 heterocycles. The van der Waals surface area contributed by atoms with Gasteiger partial charge in [0.05, 0.1) is 7.11 Å². The lowest BCUT2D eigenvalue weighted by Gasteiger charge is -2.33. The number of hydrogen-bond donors (Lipinski definition) is 2. The van der Waals surface area contributed by atoms with Gasteiger partial charge in [-0.25, -0.2) is 0 Å². The van der Waals surface area contributed by atoms with Crippen molar-refractivity contribution < 1.29 is 9.84 Å². The van der Waals surface area contributed by atoms with Crippen molar-refractivity contribution in [3.63, 3.8) is 0 Å². The zero-order chi connectivity index (χ0) is 15.2. The summed E-state index contributed by atoms with van der Waals surface area (Å²) in [5.41, 5.74) is 1.18. The highest BCUT2D eigenvalue weighted by Gasteiger charge is 2.19. The number of aromatic hydroxyl groups is 1. The lowest BCUT2D eigenvalue weighted by molar-refractivity contribution is 0.163. The van der Waals surface area contributed by atoms with Crippen LogP contribution >= 0.6 is 0 Å². The van der Waals surface area contributed by atoms with E-state index in [4.69, 9.17) is 4.74 Å². The minimum atomic E-state index is 0.203. The van der Waals surface area contributed by atoms with Gasteiger partial charge in [0, 0.05) is 19.1 Å². The summed E-state index contributed by atoms with van der Waals surface area (Å²) < 4.78 is 5.20. The van der Waals surface area contributed by atoms with Crippen LogP contribution in [0.5, 0.6) is 11.5 Å². The van der Waals surface area contributed by atoms with Crippen LogP contribution in [0, 0.1) is 5.92 Å². The highest BCUT2D eigenvalue weighted by molar-refractivity contribution is 5.41. The van der Waals surface area contributed by atoms with E-state index in [2.05, 4.69) is 24.1 Å². The van der Waals surface area contributed by atoms with Crippen LogP contribution in [0.2, 0.25) is 0 Å². The van der Waals surface area contributed by atoms with Crippen molar-refractivity contribution in [2.45, 2.75) is 39.3 Å². The number of rotatable bonds is 6. The number of ether oxygens (including phenoxy) is 1. The zero-order valence-corrected chi connectivity index (χ0v) is 13.4. The van der Waals surface area contributed by atoms with Crippen LogP contribution in [0.3, 0.4) is 0 Å². The Labute approximate surface area is 128 Å². The molecule has 1 aliphatic heterocycles. The molecule has 0 bridgehead atoms. The molecule has 1 atom stereocenters. The van der Waals surface area contributed by atoms with Gasteiger partial charge in [-0.2, -0.15) is 0 Å². The van der Waals surface area contributed by atoms with Gasteiger partial charge in [-0.15, -0.1) is 0 Å². The number of phenols is 1. The third-order valence-electron chi connectivity index (χ3n) is 4.25. The second-order valence-corrected chi connectivity index (χ2v) is 6.24. The van der Waals surface area contributed by atoms with E-state index in [1.54, 1.807) is 13.2 Å². The van der Waals surface area contributed by atoms with Gasteiger partial charge in [0.2, 0.25) is 0 Å². The number of methoxy groups -OCH3 is 1. The van der Waals surface area contributed by atoms with Crippen LogP contribution in [0.25, 0.3) is 0 Å². The molecule has 21 heavy (non-hydrogen) atoms. The fourth-order valence-corrected chi connectivity index (χ4v) is 2.92. The van der Waals surface area contributed by atoms with Gasteiger partial charge in [-0.1, -0.05) is 6.07 Å². The summed E-state index contributed by atoms with van der Waals surface area (Å²) in [7, 11) is 1.59. The molecule has 1 aromatic rings. The smallest absolute Gasteiger partial charge is 0.160 e. The maximum absolute atomic E-state index is 9.69. The first-order valence-electron chi connectivity index (χ1n) is 7.90. The van der Waals surface area contributed by atoms with Crippen molar-refractivity contribution in [3.8, 4) is 11.5 Å². The maximum Gasteiger partial charge on any atom is 0.160 e. The fourth-order valence-electron chi connectivity index (χ4n) is 2.92. The quantitative estimate of drug-likeness (QED) is 0.846. The van der Waals surface area contributed by atoms with Crippen LogP contribution in [0.15, 0.2) is 18.2 Å². The molecule has 0 saturated carbocycles. The third kappa shape index (κ3) is 4.61. The Balaban J connectivity index is 2.01. The molecule has 2 N–H and O–H groups in total. The Morgan fingerprint density at radius 3 is 2.86 bits per heavy atom. The van der Waals surface area contributed by atoms with Crippen LogP contribution in [0.4, 0.5) is 0 Å². The molecule has 1 unspecified atom stereocenters. The van der Waals surface area contributed by atoms with Crippen LogP contribution in [-0.4, -0.2) is 42.8 Å². The fraction of sp³-hybridized carbons (Fsp3) is 0.647. The average molecular weight is 292 g/mol.